The van der Waals surface area contributed by atoms with Gasteiger partial charge in [-0.25, -0.2) is 0 Å². The molecule has 0 bridgehead atoms. The van der Waals surface area contributed by atoms with Crippen molar-refractivity contribution in [2.75, 3.05) is 27.2 Å². The van der Waals surface area contributed by atoms with E-state index in [1.807, 2.05) is 11.9 Å². The van der Waals surface area contributed by atoms with Crippen LogP contribution in [0.5, 0.6) is 0 Å². The van der Waals surface area contributed by atoms with Gasteiger partial charge in [-0.05, 0) is 12.5 Å². The van der Waals surface area contributed by atoms with Gasteiger partial charge in [-0.2, -0.15) is 0 Å². The molecule has 0 aromatic rings. The lowest BCUT2D eigenvalue weighted by Crippen LogP contribution is -2.44. The maximum absolute atomic E-state index is 12.0. The van der Waals surface area contributed by atoms with Crippen LogP contribution in [0, 0.1) is 5.41 Å². The van der Waals surface area contributed by atoms with E-state index in [2.05, 4.69) is 13.8 Å². The van der Waals surface area contributed by atoms with E-state index in [1.54, 1.807) is 11.9 Å². The minimum Gasteiger partial charge on any atom is -0.481 e. The fourth-order valence-electron chi connectivity index (χ4n) is 2.41. The van der Waals surface area contributed by atoms with Crippen LogP contribution in [0.25, 0.3) is 0 Å². The van der Waals surface area contributed by atoms with Crippen molar-refractivity contribution < 1.29 is 14.7 Å². The largest absolute Gasteiger partial charge is 0.481 e. The molecule has 92 valence electrons. The third-order valence-electron chi connectivity index (χ3n) is 2.90. The molecule has 5 nitrogen and oxygen atoms in total. The molecule has 1 atom stereocenters. The number of carboxylic acid groups (broad SMARTS) is 1. The van der Waals surface area contributed by atoms with E-state index >= 15 is 0 Å². The first-order valence-corrected chi connectivity index (χ1v) is 5.40. The number of carboxylic acids is 1. The molecule has 0 aromatic carbocycles. The van der Waals surface area contributed by atoms with E-state index in [0.717, 1.165) is 6.54 Å². The van der Waals surface area contributed by atoms with E-state index in [4.69, 9.17) is 5.11 Å². The van der Waals surface area contributed by atoms with Gasteiger partial charge in [0.15, 0.2) is 0 Å². The second-order valence-electron chi connectivity index (χ2n) is 5.39. The Morgan fingerprint density at radius 1 is 1.44 bits per heavy atom. The van der Waals surface area contributed by atoms with Crippen LogP contribution in [0.15, 0.2) is 0 Å². The van der Waals surface area contributed by atoms with Crippen LogP contribution in [-0.4, -0.2) is 60.0 Å². The normalized spacial score (nSPS) is 26.6. The van der Waals surface area contributed by atoms with Gasteiger partial charge in [0.05, 0.1) is 12.5 Å². The number of carbonyl (C=O) groups excluding carboxylic acids is 1. The highest BCUT2D eigenvalue weighted by Gasteiger charge is 2.37. The second kappa shape index (κ2) is 4.41. The molecule has 1 aliphatic rings. The molecule has 16 heavy (non-hydrogen) atoms. The highest BCUT2D eigenvalue weighted by molar-refractivity contribution is 5.86. The summed E-state index contributed by atoms with van der Waals surface area (Å²) < 4.78 is 0. The summed E-state index contributed by atoms with van der Waals surface area (Å²) in [7, 11) is 3.55. The molecule has 0 saturated carbocycles. The van der Waals surface area contributed by atoms with E-state index in [0.29, 0.717) is 6.54 Å². The summed E-state index contributed by atoms with van der Waals surface area (Å²) in [6, 6.07) is -0.538. The van der Waals surface area contributed by atoms with Crippen molar-refractivity contribution in [2.24, 2.45) is 5.41 Å². The molecule has 5 heteroatoms. The monoisotopic (exact) mass is 228 g/mol. The molecule has 0 aromatic heterocycles. The lowest BCUT2D eigenvalue weighted by atomic mass is 9.93. The Balaban J connectivity index is 2.90. The molecular weight excluding hydrogens is 208 g/mol. The van der Waals surface area contributed by atoms with Crippen LogP contribution >= 0.6 is 0 Å². The Bertz CT molecular complexity index is 302. The quantitative estimate of drug-likeness (QED) is 0.736. The van der Waals surface area contributed by atoms with Gasteiger partial charge in [-0.3, -0.25) is 14.5 Å². The molecule has 0 radical (unpaired) electrons. The molecule has 1 rings (SSSR count). The first-order valence-electron chi connectivity index (χ1n) is 5.40. The van der Waals surface area contributed by atoms with Crippen molar-refractivity contribution in [1.29, 1.82) is 0 Å². The SMILES string of the molecule is CN1CC(C)(C)CN(C)C(CC(=O)O)C1=O. The maximum atomic E-state index is 12.0. The predicted molar refractivity (Wildman–Crippen MR) is 60.1 cm³/mol. The van der Waals surface area contributed by atoms with Crippen molar-refractivity contribution in [3.8, 4) is 0 Å². The zero-order valence-electron chi connectivity index (χ0n) is 10.4. The predicted octanol–water partition coefficient (Wildman–Crippen LogP) is 0.260. The topological polar surface area (TPSA) is 60.9 Å². The Morgan fingerprint density at radius 3 is 2.50 bits per heavy atom. The van der Waals surface area contributed by atoms with Crippen LogP contribution < -0.4 is 0 Å². The highest BCUT2D eigenvalue weighted by Crippen LogP contribution is 2.24. The summed E-state index contributed by atoms with van der Waals surface area (Å²) in [4.78, 5) is 26.2. The first-order chi connectivity index (χ1) is 7.23. The minimum atomic E-state index is -0.932. The highest BCUT2D eigenvalue weighted by atomic mass is 16.4. The number of carbonyl (C=O) groups is 2. The summed E-state index contributed by atoms with van der Waals surface area (Å²) in [6.45, 7) is 5.54. The molecular formula is C11H20N2O3. The lowest BCUT2D eigenvalue weighted by Gasteiger charge is -2.28. The minimum absolute atomic E-state index is 0.00753. The summed E-state index contributed by atoms with van der Waals surface area (Å²) in [5.74, 6) is -1.03. The lowest BCUT2D eigenvalue weighted by molar-refractivity contribution is -0.143. The van der Waals surface area contributed by atoms with Gasteiger partial charge in [-0.15, -0.1) is 0 Å². The fourth-order valence-corrected chi connectivity index (χ4v) is 2.41. The van der Waals surface area contributed by atoms with Crippen molar-refractivity contribution in [3.05, 3.63) is 0 Å². The number of aliphatic carboxylic acids is 1. The van der Waals surface area contributed by atoms with Gasteiger partial charge >= 0.3 is 5.97 Å². The number of nitrogens with zero attached hydrogens (tertiary/aromatic N) is 2. The van der Waals surface area contributed by atoms with Gasteiger partial charge in [0, 0.05) is 20.1 Å². The average molecular weight is 228 g/mol. The molecule has 1 fully saturated rings. The first kappa shape index (κ1) is 13.0. The molecule has 1 aliphatic heterocycles. The molecule has 1 saturated heterocycles. The number of hydrogen-bond donors (Lipinski definition) is 1. The Morgan fingerprint density at radius 2 is 2.00 bits per heavy atom. The zero-order chi connectivity index (χ0) is 12.5. The second-order valence-corrected chi connectivity index (χ2v) is 5.39. The van der Waals surface area contributed by atoms with Crippen LogP contribution in [0.3, 0.4) is 0 Å². The Kier molecular flexibility index (Phi) is 3.57. The van der Waals surface area contributed by atoms with Crippen LogP contribution in [0.4, 0.5) is 0 Å². The summed E-state index contributed by atoms with van der Waals surface area (Å²) in [5.41, 5.74) is -0.00753. The van der Waals surface area contributed by atoms with E-state index < -0.39 is 12.0 Å². The third-order valence-corrected chi connectivity index (χ3v) is 2.90. The van der Waals surface area contributed by atoms with Crippen molar-refractivity contribution in [1.82, 2.24) is 9.80 Å². The zero-order valence-corrected chi connectivity index (χ0v) is 10.4. The smallest absolute Gasteiger partial charge is 0.305 e. The van der Waals surface area contributed by atoms with E-state index in [9.17, 15) is 9.59 Å². The Labute approximate surface area is 96.0 Å². The van der Waals surface area contributed by atoms with Crippen LogP contribution in [-0.2, 0) is 9.59 Å². The molecule has 1 heterocycles. The van der Waals surface area contributed by atoms with Crippen LogP contribution in [0.1, 0.15) is 20.3 Å². The van der Waals surface area contributed by atoms with Gasteiger partial charge in [0.25, 0.3) is 0 Å². The van der Waals surface area contributed by atoms with Crippen LogP contribution in [0.2, 0.25) is 0 Å². The number of rotatable bonds is 2. The van der Waals surface area contributed by atoms with Crippen molar-refractivity contribution in [2.45, 2.75) is 26.3 Å². The number of amides is 1. The fraction of sp³-hybridized carbons (Fsp3) is 0.818. The average Bonchev–Trinajstić information content (AvgIpc) is 2.15. The molecule has 1 unspecified atom stereocenters. The van der Waals surface area contributed by atoms with Crippen molar-refractivity contribution in [3.63, 3.8) is 0 Å². The summed E-state index contributed by atoms with van der Waals surface area (Å²) in [5, 5.41) is 8.81. The standard InChI is InChI=1S/C11H20N2O3/c1-11(2)6-12(3)8(5-9(14)15)10(16)13(4)7-11/h8H,5-7H2,1-4H3,(H,14,15). The van der Waals surface area contributed by atoms with Crippen molar-refractivity contribution >= 4 is 11.9 Å². The maximum Gasteiger partial charge on any atom is 0.305 e. The molecule has 1 amide bonds. The number of hydrogen-bond acceptors (Lipinski definition) is 3. The summed E-state index contributed by atoms with van der Waals surface area (Å²) >= 11 is 0. The van der Waals surface area contributed by atoms with E-state index in [-0.39, 0.29) is 17.7 Å². The van der Waals surface area contributed by atoms with E-state index in [1.165, 1.54) is 0 Å². The molecule has 0 spiro atoms. The van der Waals surface area contributed by atoms with Gasteiger partial charge in [-0.1, -0.05) is 13.8 Å². The Hall–Kier alpha value is -1.10. The van der Waals surface area contributed by atoms with Gasteiger partial charge in [0.1, 0.15) is 0 Å². The molecule has 1 N–H and O–H groups in total. The van der Waals surface area contributed by atoms with Gasteiger partial charge < -0.3 is 10.0 Å². The third kappa shape index (κ3) is 2.95. The molecule has 0 aliphatic carbocycles. The summed E-state index contributed by atoms with van der Waals surface area (Å²) in [6.07, 6.45) is -0.129. The number of likely N-dealkylation sites (N-methyl/N-ethyl adjacent to an activating group) is 2. The van der Waals surface area contributed by atoms with Gasteiger partial charge in [0.2, 0.25) is 5.91 Å².